The van der Waals surface area contributed by atoms with E-state index in [4.69, 9.17) is 11.3 Å². The van der Waals surface area contributed by atoms with Gasteiger partial charge in [0.1, 0.15) is 0 Å². The number of carbonyl (C=O) groups is 1. The van der Waals surface area contributed by atoms with E-state index in [0.717, 1.165) is 11.1 Å². The van der Waals surface area contributed by atoms with Crippen molar-refractivity contribution in [1.29, 1.82) is 0 Å². The number of nitrogens with zero attached hydrogens (tertiary/aromatic N) is 1. The zero-order valence-corrected chi connectivity index (χ0v) is 12.2. The Morgan fingerprint density at radius 1 is 1.09 bits per heavy atom. The first-order valence-corrected chi connectivity index (χ1v) is 6.79. The summed E-state index contributed by atoms with van der Waals surface area (Å²) >= 11 is 0. The van der Waals surface area contributed by atoms with Gasteiger partial charge in [-0.2, -0.15) is 0 Å². The first-order valence-electron chi connectivity index (χ1n) is 6.79. The predicted molar refractivity (Wildman–Crippen MR) is 85.3 cm³/mol. The number of methoxy groups -OCH3 is 1. The van der Waals surface area contributed by atoms with Crippen LogP contribution in [-0.4, -0.2) is 13.1 Å². The SMILES string of the molecule is [C-]#[N+]/C(C(=O)OC)=C(/NCc1ccccc1)c1ccccc1. The number of carbonyl (C=O) groups excluding carboxylic acids is 1. The van der Waals surface area contributed by atoms with Crippen molar-refractivity contribution in [2.45, 2.75) is 6.54 Å². The largest absolute Gasteiger partial charge is 0.474 e. The van der Waals surface area contributed by atoms with Gasteiger partial charge in [0.25, 0.3) is 5.70 Å². The van der Waals surface area contributed by atoms with Crippen LogP contribution in [0.2, 0.25) is 0 Å². The Bertz CT molecular complexity index is 701. The van der Waals surface area contributed by atoms with Gasteiger partial charge in [-0.05, 0) is 11.1 Å². The molecule has 0 spiro atoms. The zero-order valence-electron chi connectivity index (χ0n) is 12.2. The van der Waals surface area contributed by atoms with Gasteiger partial charge in [-0.1, -0.05) is 60.7 Å². The van der Waals surface area contributed by atoms with Crippen molar-refractivity contribution in [1.82, 2.24) is 5.32 Å². The average Bonchev–Trinajstić information content (AvgIpc) is 2.59. The number of benzene rings is 2. The summed E-state index contributed by atoms with van der Waals surface area (Å²) in [4.78, 5) is 15.2. The van der Waals surface area contributed by atoms with Crippen LogP contribution in [0.3, 0.4) is 0 Å². The van der Waals surface area contributed by atoms with Crippen LogP contribution in [0.4, 0.5) is 0 Å². The maximum Gasteiger partial charge on any atom is 0.338 e. The van der Waals surface area contributed by atoms with Gasteiger partial charge < -0.3 is 10.1 Å². The number of hydrogen-bond donors (Lipinski definition) is 1. The zero-order chi connectivity index (χ0) is 15.8. The highest BCUT2D eigenvalue weighted by Gasteiger charge is 2.18. The van der Waals surface area contributed by atoms with Crippen LogP contribution < -0.4 is 5.32 Å². The summed E-state index contributed by atoms with van der Waals surface area (Å²) in [7, 11) is 1.27. The van der Waals surface area contributed by atoms with Crippen LogP contribution in [0, 0.1) is 6.57 Å². The first-order chi connectivity index (χ1) is 10.8. The monoisotopic (exact) mass is 292 g/mol. The second kappa shape index (κ2) is 7.65. The van der Waals surface area contributed by atoms with Crippen molar-refractivity contribution in [2.24, 2.45) is 0 Å². The highest BCUT2D eigenvalue weighted by molar-refractivity contribution is 5.99. The molecule has 2 rings (SSSR count). The third kappa shape index (κ3) is 3.74. The Morgan fingerprint density at radius 2 is 1.68 bits per heavy atom. The number of rotatable bonds is 5. The molecule has 0 unspecified atom stereocenters. The number of nitrogens with one attached hydrogen (secondary N) is 1. The summed E-state index contributed by atoms with van der Waals surface area (Å²) in [6.07, 6.45) is 0. The van der Waals surface area contributed by atoms with Crippen LogP contribution >= 0.6 is 0 Å². The molecule has 0 saturated carbocycles. The lowest BCUT2D eigenvalue weighted by molar-refractivity contribution is -0.135. The topological polar surface area (TPSA) is 42.7 Å². The predicted octanol–water partition coefficient (Wildman–Crippen LogP) is 3.24. The summed E-state index contributed by atoms with van der Waals surface area (Å²) in [6.45, 7) is 7.80. The Hall–Kier alpha value is -3.06. The average molecular weight is 292 g/mol. The Kier molecular flexibility index (Phi) is 5.33. The van der Waals surface area contributed by atoms with Gasteiger partial charge in [0.15, 0.2) is 0 Å². The third-order valence-electron chi connectivity index (χ3n) is 3.10. The molecule has 1 N–H and O–H groups in total. The number of esters is 1. The fourth-order valence-electron chi connectivity index (χ4n) is 2.01. The molecule has 110 valence electrons. The lowest BCUT2D eigenvalue weighted by Gasteiger charge is -2.13. The fraction of sp³-hybridized carbons (Fsp3) is 0.111. The molecule has 4 heteroatoms. The summed E-state index contributed by atoms with van der Waals surface area (Å²) in [6, 6.07) is 19.1. The van der Waals surface area contributed by atoms with Crippen molar-refractivity contribution in [3.8, 4) is 0 Å². The van der Waals surface area contributed by atoms with Crippen LogP contribution in [0.25, 0.3) is 10.5 Å². The quantitative estimate of drug-likeness (QED) is 0.522. The van der Waals surface area contributed by atoms with E-state index >= 15 is 0 Å². The van der Waals surface area contributed by atoms with Crippen molar-refractivity contribution < 1.29 is 9.53 Å². The second-order valence-electron chi connectivity index (χ2n) is 4.53. The van der Waals surface area contributed by atoms with E-state index in [1.54, 1.807) is 0 Å². The maximum atomic E-state index is 11.8. The van der Waals surface area contributed by atoms with Crippen LogP contribution in [0.15, 0.2) is 66.4 Å². The molecule has 0 aliphatic heterocycles. The lowest BCUT2D eigenvalue weighted by Crippen LogP contribution is -2.17. The fourth-order valence-corrected chi connectivity index (χ4v) is 2.01. The van der Waals surface area contributed by atoms with Crippen LogP contribution in [0.5, 0.6) is 0 Å². The standard InChI is InChI=1S/C18H16N2O2/c1-19-17(18(21)22-2)16(15-11-7-4-8-12-15)20-13-14-9-5-3-6-10-14/h3-12,20H,13H2,2H3/b17-16+. The van der Waals surface area contributed by atoms with Gasteiger partial charge in [-0.15, -0.1) is 0 Å². The first kappa shape index (κ1) is 15.3. The molecule has 0 bridgehead atoms. The molecule has 0 saturated heterocycles. The van der Waals surface area contributed by atoms with Crippen LogP contribution in [0.1, 0.15) is 11.1 Å². The number of ether oxygens (including phenoxy) is 1. The highest BCUT2D eigenvalue weighted by Crippen LogP contribution is 2.19. The van der Waals surface area contributed by atoms with Gasteiger partial charge in [0.2, 0.25) is 0 Å². The summed E-state index contributed by atoms with van der Waals surface area (Å²) in [5.74, 6) is -0.644. The maximum absolute atomic E-state index is 11.8. The van der Waals surface area contributed by atoms with Gasteiger partial charge in [-0.25, -0.2) is 4.85 Å². The normalized spacial score (nSPS) is 11.1. The third-order valence-corrected chi connectivity index (χ3v) is 3.10. The molecule has 0 heterocycles. The Labute approximate surface area is 129 Å². The molecule has 2 aromatic rings. The van der Waals surface area contributed by atoms with Crippen LogP contribution in [-0.2, 0) is 16.1 Å². The molecule has 0 amide bonds. The number of hydrogen-bond acceptors (Lipinski definition) is 3. The minimum absolute atomic E-state index is 0.0513. The molecule has 0 aromatic heterocycles. The second-order valence-corrected chi connectivity index (χ2v) is 4.53. The van der Waals surface area contributed by atoms with Gasteiger partial charge in [0, 0.05) is 6.54 Å². The summed E-state index contributed by atoms with van der Waals surface area (Å²) < 4.78 is 4.71. The van der Waals surface area contributed by atoms with E-state index in [0.29, 0.717) is 12.2 Å². The Balaban J connectivity index is 2.36. The molecular weight excluding hydrogens is 276 g/mol. The molecule has 2 aromatic carbocycles. The van der Waals surface area contributed by atoms with Crippen molar-refractivity contribution >= 4 is 11.7 Å². The van der Waals surface area contributed by atoms with Gasteiger partial charge >= 0.3 is 5.97 Å². The minimum Gasteiger partial charge on any atom is -0.474 e. The Morgan fingerprint density at radius 3 is 2.23 bits per heavy atom. The molecule has 0 aliphatic carbocycles. The van der Waals surface area contributed by atoms with E-state index in [-0.39, 0.29) is 5.70 Å². The van der Waals surface area contributed by atoms with E-state index < -0.39 is 5.97 Å². The molecule has 0 atom stereocenters. The van der Waals surface area contributed by atoms with Crippen molar-refractivity contribution in [2.75, 3.05) is 7.11 Å². The molecule has 22 heavy (non-hydrogen) atoms. The van der Waals surface area contributed by atoms with E-state index in [1.807, 2.05) is 60.7 Å². The molecule has 0 aliphatic rings. The summed E-state index contributed by atoms with van der Waals surface area (Å²) in [5.41, 5.74) is 2.26. The highest BCUT2D eigenvalue weighted by atomic mass is 16.5. The van der Waals surface area contributed by atoms with Crippen molar-refractivity contribution in [3.05, 3.63) is 88.9 Å². The molecule has 0 radical (unpaired) electrons. The van der Waals surface area contributed by atoms with Crippen molar-refractivity contribution in [3.63, 3.8) is 0 Å². The molecule has 0 fully saturated rings. The minimum atomic E-state index is -0.644. The van der Waals surface area contributed by atoms with E-state index in [1.165, 1.54) is 7.11 Å². The van der Waals surface area contributed by atoms with E-state index in [2.05, 4.69) is 10.2 Å². The summed E-state index contributed by atoms with van der Waals surface area (Å²) in [5, 5.41) is 3.18. The lowest BCUT2D eigenvalue weighted by atomic mass is 10.1. The van der Waals surface area contributed by atoms with E-state index in [9.17, 15) is 4.79 Å². The molecular formula is C18H16N2O2. The van der Waals surface area contributed by atoms with Gasteiger partial charge in [0.05, 0.1) is 19.4 Å². The smallest absolute Gasteiger partial charge is 0.338 e. The molecule has 4 nitrogen and oxygen atoms in total. The van der Waals surface area contributed by atoms with Gasteiger partial charge in [-0.3, -0.25) is 4.79 Å².